The minimum Gasteiger partial charge on any atom is -0.465 e. The largest absolute Gasteiger partial charge is 0.465 e. The normalized spacial score (nSPS) is 26.4. The molecule has 2 aromatic rings. The standard InChI is InChI=1S/C42H52O2/c1-25(2)23-44-36(43)20-16-32-14-17-33(18-15-32)34-19-13-27(5)38-29(7)39-31(9)42(12)30(8)37(26(3)4)28(6)21-41(42,11)24-40(39,10)22-35(34)38/h13-15,17-19,25H,3,7-8,16,20-24H2,1-2,4-6,9-12H3/t40-,41+,42-/m1/s1. The number of rotatable bonds is 7. The van der Waals surface area contributed by atoms with E-state index in [1.54, 1.807) is 0 Å². The summed E-state index contributed by atoms with van der Waals surface area (Å²) >= 11 is 0. The minimum atomic E-state index is -0.154. The molecule has 0 N–H and O–H groups in total. The zero-order valence-electron chi connectivity index (χ0n) is 28.7. The highest BCUT2D eigenvalue weighted by Crippen LogP contribution is 2.70. The second kappa shape index (κ2) is 11.2. The molecule has 0 saturated carbocycles. The van der Waals surface area contributed by atoms with Crippen molar-refractivity contribution in [2.24, 2.45) is 22.2 Å². The zero-order chi connectivity index (χ0) is 32.4. The first kappa shape index (κ1) is 32.0. The van der Waals surface area contributed by atoms with Crippen LogP contribution in [0.5, 0.6) is 0 Å². The van der Waals surface area contributed by atoms with Crippen LogP contribution in [0.1, 0.15) is 96.9 Å². The van der Waals surface area contributed by atoms with Gasteiger partial charge in [-0.05, 0) is 126 Å². The van der Waals surface area contributed by atoms with E-state index in [0.717, 1.165) is 30.4 Å². The number of esters is 1. The molecule has 0 bridgehead atoms. The minimum absolute atomic E-state index is 0.0253. The molecular formula is C42H52O2. The monoisotopic (exact) mass is 588 g/mol. The summed E-state index contributed by atoms with van der Waals surface area (Å²) in [6.45, 7) is 34.9. The van der Waals surface area contributed by atoms with Crippen molar-refractivity contribution in [3.8, 4) is 11.1 Å². The Morgan fingerprint density at radius 2 is 1.64 bits per heavy atom. The summed E-state index contributed by atoms with van der Waals surface area (Å²) in [6, 6.07) is 13.3. The Morgan fingerprint density at radius 3 is 2.25 bits per heavy atom. The average molecular weight is 589 g/mol. The highest BCUT2D eigenvalue weighted by molar-refractivity contribution is 5.90. The molecule has 0 unspecified atom stereocenters. The number of fused-ring (bicyclic) bond motifs is 3. The van der Waals surface area contributed by atoms with E-state index in [-0.39, 0.29) is 22.2 Å². The third kappa shape index (κ3) is 4.99. The Balaban J connectivity index is 1.53. The molecule has 0 aromatic heterocycles. The van der Waals surface area contributed by atoms with Gasteiger partial charge in [0.25, 0.3) is 0 Å². The molecule has 232 valence electrons. The topological polar surface area (TPSA) is 26.3 Å². The SMILES string of the molecule is C=C(C)C1=C(C)C[C@@]2(C)C[C@@]3(C)Cc4c(-c5ccc(CCC(=O)OCC(C)C)cc5)ccc(C)c4C(=C)C3=C(C)[C@@]2(C)C1=C. The highest BCUT2D eigenvalue weighted by atomic mass is 16.5. The van der Waals surface area contributed by atoms with E-state index in [1.165, 1.54) is 61.3 Å². The molecule has 2 heteroatoms. The number of carbonyl (C=O) groups excluding carboxylic acids is 1. The predicted molar refractivity (Wildman–Crippen MR) is 186 cm³/mol. The summed E-state index contributed by atoms with van der Waals surface area (Å²) < 4.78 is 5.37. The van der Waals surface area contributed by atoms with Gasteiger partial charge in [-0.1, -0.05) is 107 Å². The second-order valence-electron chi connectivity index (χ2n) is 15.2. The molecule has 0 aliphatic heterocycles. The van der Waals surface area contributed by atoms with Gasteiger partial charge in [-0.3, -0.25) is 4.79 Å². The van der Waals surface area contributed by atoms with Crippen LogP contribution in [0.3, 0.4) is 0 Å². The summed E-state index contributed by atoms with van der Waals surface area (Å²) in [5.74, 6) is 0.229. The van der Waals surface area contributed by atoms with Gasteiger partial charge in [0.05, 0.1) is 6.61 Å². The summed E-state index contributed by atoms with van der Waals surface area (Å²) in [7, 11) is 0. The first-order chi connectivity index (χ1) is 20.5. The van der Waals surface area contributed by atoms with Gasteiger partial charge < -0.3 is 4.74 Å². The summed E-state index contributed by atoms with van der Waals surface area (Å²) in [5, 5.41) is 0. The lowest BCUT2D eigenvalue weighted by Gasteiger charge is -2.62. The summed E-state index contributed by atoms with van der Waals surface area (Å²) in [4.78, 5) is 12.2. The molecule has 0 amide bonds. The lowest BCUT2D eigenvalue weighted by Crippen LogP contribution is -2.52. The van der Waals surface area contributed by atoms with Crippen LogP contribution in [-0.2, 0) is 22.4 Å². The predicted octanol–water partition coefficient (Wildman–Crippen LogP) is 11.0. The van der Waals surface area contributed by atoms with Crippen molar-refractivity contribution in [3.63, 3.8) is 0 Å². The Morgan fingerprint density at radius 1 is 0.977 bits per heavy atom. The van der Waals surface area contributed by atoms with Gasteiger partial charge in [-0.25, -0.2) is 0 Å². The Hall–Kier alpha value is -3.39. The van der Waals surface area contributed by atoms with Crippen molar-refractivity contribution in [1.82, 2.24) is 0 Å². The fraction of sp³-hybridized carbons (Fsp3) is 0.452. The molecule has 2 nitrogen and oxygen atoms in total. The van der Waals surface area contributed by atoms with Crippen molar-refractivity contribution in [2.75, 3.05) is 6.61 Å². The van der Waals surface area contributed by atoms with Crippen LogP contribution < -0.4 is 0 Å². The van der Waals surface area contributed by atoms with Crippen molar-refractivity contribution in [1.29, 1.82) is 0 Å². The van der Waals surface area contributed by atoms with Crippen molar-refractivity contribution >= 4 is 11.5 Å². The molecule has 2 aromatic carbocycles. The van der Waals surface area contributed by atoms with Gasteiger partial charge in [0.15, 0.2) is 0 Å². The molecule has 0 saturated heterocycles. The highest BCUT2D eigenvalue weighted by Gasteiger charge is 2.59. The maximum atomic E-state index is 12.2. The Labute approximate surface area is 266 Å². The second-order valence-corrected chi connectivity index (χ2v) is 15.2. The van der Waals surface area contributed by atoms with E-state index in [2.05, 4.69) is 105 Å². The van der Waals surface area contributed by atoms with Gasteiger partial charge in [0.2, 0.25) is 0 Å². The van der Waals surface area contributed by atoms with Gasteiger partial charge in [0.1, 0.15) is 0 Å². The molecule has 0 heterocycles. The van der Waals surface area contributed by atoms with Crippen LogP contribution in [-0.4, -0.2) is 12.6 Å². The molecule has 3 aliphatic rings. The zero-order valence-corrected chi connectivity index (χ0v) is 28.7. The number of aryl methyl sites for hydroxylation is 2. The summed E-state index contributed by atoms with van der Waals surface area (Å²) in [6.07, 6.45) is 4.22. The molecule has 0 fully saturated rings. The number of carbonyl (C=O) groups is 1. The number of hydrogen-bond acceptors (Lipinski definition) is 2. The van der Waals surface area contributed by atoms with Crippen LogP contribution in [0.4, 0.5) is 0 Å². The van der Waals surface area contributed by atoms with Gasteiger partial charge in [0, 0.05) is 11.8 Å². The fourth-order valence-corrected chi connectivity index (χ4v) is 9.24. The number of allylic oxidation sites excluding steroid dienone is 7. The Kier molecular flexibility index (Phi) is 8.15. The third-order valence-corrected chi connectivity index (χ3v) is 11.3. The molecule has 5 rings (SSSR count). The van der Waals surface area contributed by atoms with Crippen molar-refractivity contribution in [2.45, 2.75) is 94.4 Å². The molecule has 3 aliphatic carbocycles. The van der Waals surface area contributed by atoms with Crippen molar-refractivity contribution in [3.05, 3.63) is 112 Å². The van der Waals surface area contributed by atoms with Crippen molar-refractivity contribution < 1.29 is 9.53 Å². The summed E-state index contributed by atoms with van der Waals surface area (Å²) in [5.41, 5.74) is 16.6. The maximum absolute atomic E-state index is 12.2. The smallest absolute Gasteiger partial charge is 0.306 e. The average Bonchev–Trinajstić information content (AvgIpc) is 2.92. The lowest BCUT2D eigenvalue weighted by atomic mass is 9.41. The van der Waals surface area contributed by atoms with E-state index in [0.29, 0.717) is 25.4 Å². The maximum Gasteiger partial charge on any atom is 0.306 e. The molecule has 3 atom stereocenters. The van der Waals surface area contributed by atoms with E-state index < -0.39 is 0 Å². The molecule has 0 spiro atoms. The first-order valence-corrected chi connectivity index (χ1v) is 16.4. The third-order valence-electron chi connectivity index (χ3n) is 11.3. The van der Waals surface area contributed by atoms with E-state index in [9.17, 15) is 4.79 Å². The van der Waals surface area contributed by atoms with Gasteiger partial charge in [-0.2, -0.15) is 0 Å². The van der Waals surface area contributed by atoms with Crippen LogP contribution in [0, 0.1) is 29.1 Å². The Bertz CT molecular complexity index is 1640. The molecular weight excluding hydrogens is 536 g/mol. The number of benzene rings is 2. The number of hydrogen-bond donors (Lipinski definition) is 0. The van der Waals surface area contributed by atoms with Crippen LogP contribution in [0.2, 0.25) is 0 Å². The first-order valence-electron chi connectivity index (χ1n) is 16.4. The molecule has 44 heavy (non-hydrogen) atoms. The van der Waals surface area contributed by atoms with E-state index in [4.69, 9.17) is 17.9 Å². The van der Waals surface area contributed by atoms with Crippen LogP contribution in [0.25, 0.3) is 16.7 Å². The molecule has 0 radical (unpaired) electrons. The van der Waals surface area contributed by atoms with Gasteiger partial charge in [-0.15, -0.1) is 0 Å². The fourth-order valence-electron chi connectivity index (χ4n) is 9.24. The van der Waals surface area contributed by atoms with Gasteiger partial charge >= 0.3 is 5.97 Å². The van der Waals surface area contributed by atoms with Crippen LogP contribution >= 0.6 is 0 Å². The quantitative estimate of drug-likeness (QED) is 0.301. The lowest BCUT2D eigenvalue weighted by molar-refractivity contribution is -0.144. The number of ether oxygens (including phenoxy) is 1. The van der Waals surface area contributed by atoms with E-state index >= 15 is 0 Å². The van der Waals surface area contributed by atoms with Crippen LogP contribution in [0.15, 0.2) is 89.6 Å². The van der Waals surface area contributed by atoms with E-state index in [1.807, 2.05) is 0 Å².